The van der Waals surface area contributed by atoms with Crippen LogP contribution in [-0.4, -0.2) is 48.0 Å². The number of aromatic amines is 1. The van der Waals surface area contributed by atoms with Gasteiger partial charge in [-0.1, -0.05) is 24.5 Å². The van der Waals surface area contributed by atoms with Crippen LogP contribution >= 0.6 is 0 Å². The minimum Gasteiger partial charge on any atom is -0.354 e. The molecule has 4 heterocycles. The Hall–Kier alpha value is -2.51. The second-order valence-corrected chi connectivity index (χ2v) is 7.95. The van der Waals surface area contributed by atoms with E-state index in [-0.39, 0.29) is 0 Å². The van der Waals surface area contributed by atoms with Crippen LogP contribution in [0.15, 0.2) is 18.9 Å². The number of hydrogen-bond acceptors (Lipinski definition) is 6. The van der Waals surface area contributed by atoms with Crippen LogP contribution in [0, 0.1) is 5.92 Å². The van der Waals surface area contributed by atoms with Crippen LogP contribution in [0.5, 0.6) is 0 Å². The van der Waals surface area contributed by atoms with E-state index in [9.17, 15) is 0 Å². The van der Waals surface area contributed by atoms with Gasteiger partial charge in [0.2, 0.25) is 0 Å². The highest BCUT2D eigenvalue weighted by atomic mass is 15.4. The molecular weight excluding hydrogens is 340 g/mol. The number of fused-ring (bicyclic) bond motifs is 1. The number of piperidine rings is 1. The van der Waals surface area contributed by atoms with Crippen LogP contribution in [0.3, 0.4) is 0 Å². The first-order chi connectivity index (χ1) is 13.4. The number of nitrogens with zero attached hydrogens (tertiary/aromatic N) is 7. The monoisotopic (exact) mass is 366 g/mol. The number of aromatic nitrogens is 7. The smallest absolute Gasteiger partial charge is 0.182 e. The van der Waals surface area contributed by atoms with Crippen molar-refractivity contribution in [3.05, 3.63) is 24.5 Å². The van der Waals surface area contributed by atoms with Gasteiger partial charge < -0.3 is 9.88 Å². The molecule has 1 N–H and O–H groups in total. The SMILES string of the molecule is c1nc(N2CCC[C@H](Cn3cc(C4CCCCC4)nn3)C2)c2[nH]cnc2n1. The molecule has 1 saturated carbocycles. The van der Waals surface area contributed by atoms with Gasteiger partial charge in [0.05, 0.1) is 12.0 Å². The van der Waals surface area contributed by atoms with E-state index < -0.39 is 0 Å². The van der Waals surface area contributed by atoms with Gasteiger partial charge in [0.15, 0.2) is 11.5 Å². The quantitative estimate of drug-likeness (QED) is 0.764. The van der Waals surface area contributed by atoms with E-state index in [1.165, 1.54) is 44.2 Å². The summed E-state index contributed by atoms with van der Waals surface area (Å²) in [5.41, 5.74) is 2.85. The normalized spacial score (nSPS) is 21.8. The van der Waals surface area contributed by atoms with Gasteiger partial charge in [0.1, 0.15) is 11.8 Å². The van der Waals surface area contributed by atoms with Crippen molar-refractivity contribution in [1.29, 1.82) is 0 Å². The molecule has 1 atom stereocenters. The molecule has 1 saturated heterocycles. The first-order valence-corrected chi connectivity index (χ1v) is 10.2. The van der Waals surface area contributed by atoms with Gasteiger partial charge in [-0.2, -0.15) is 0 Å². The highest BCUT2D eigenvalue weighted by Crippen LogP contribution is 2.31. The summed E-state index contributed by atoms with van der Waals surface area (Å²) in [5, 5.41) is 8.91. The second kappa shape index (κ2) is 7.25. The van der Waals surface area contributed by atoms with Crippen molar-refractivity contribution in [3.63, 3.8) is 0 Å². The molecule has 142 valence electrons. The molecule has 8 heteroatoms. The van der Waals surface area contributed by atoms with Gasteiger partial charge in [-0.05, 0) is 31.6 Å². The Balaban J connectivity index is 1.28. The van der Waals surface area contributed by atoms with Gasteiger partial charge in [-0.3, -0.25) is 4.68 Å². The van der Waals surface area contributed by atoms with Crippen molar-refractivity contribution in [2.24, 2.45) is 5.92 Å². The predicted molar refractivity (Wildman–Crippen MR) is 102 cm³/mol. The van der Waals surface area contributed by atoms with E-state index in [0.29, 0.717) is 11.8 Å². The Kier molecular flexibility index (Phi) is 4.47. The molecule has 2 fully saturated rings. The predicted octanol–water partition coefficient (Wildman–Crippen LogP) is 2.91. The fourth-order valence-corrected chi connectivity index (χ4v) is 4.65. The van der Waals surface area contributed by atoms with Gasteiger partial charge >= 0.3 is 0 Å². The van der Waals surface area contributed by atoms with Crippen LogP contribution in [0.2, 0.25) is 0 Å². The van der Waals surface area contributed by atoms with Crippen LogP contribution < -0.4 is 4.90 Å². The third kappa shape index (κ3) is 3.40. The summed E-state index contributed by atoms with van der Waals surface area (Å²) >= 11 is 0. The minimum atomic E-state index is 0.549. The third-order valence-electron chi connectivity index (χ3n) is 6.05. The Morgan fingerprint density at radius 3 is 2.89 bits per heavy atom. The lowest BCUT2D eigenvalue weighted by Gasteiger charge is -2.33. The maximum absolute atomic E-state index is 4.52. The van der Waals surface area contributed by atoms with Crippen molar-refractivity contribution >= 4 is 17.0 Å². The zero-order chi connectivity index (χ0) is 18.1. The molecule has 8 nitrogen and oxygen atoms in total. The van der Waals surface area contributed by atoms with Crippen molar-refractivity contribution in [2.75, 3.05) is 18.0 Å². The maximum Gasteiger partial charge on any atom is 0.182 e. The number of nitrogens with one attached hydrogen (secondary N) is 1. The van der Waals surface area contributed by atoms with Crippen LogP contribution in [-0.2, 0) is 6.54 Å². The fourth-order valence-electron chi connectivity index (χ4n) is 4.65. The summed E-state index contributed by atoms with van der Waals surface area (Å²) in [5.74, 6) is 2.13. The Bertz CT molecular complexity index is 894. The lowest BCUT2D eigenvalue weighted by Crippen LogP contribution is -2.37. The molecule has 1 aliphatic carbocycles. The maximum atomic E-state index is 4.52. The zero-order valence-corrected chi connectivity index (χ0v) is 15.6. The lowest BCUT2D eigenvalue weighted by atomic mass is 9.87. The number of rotatable bonds is 4. The number of hydrogen-bond donors (Lipinski definition) is 1. The summed E-state index contributed by atoms with van der Waals surface area (Å²) in [6.07, 6.45) is 14.4. The molecule has 3 aromatic heterocycles. The molecule has 0 bridgehead atoms. The summed E-state index contributed by atoms with van der Waals surface area (Å²) in [6, 6.07) is 0. The van der Waals surface area contributed by atoms with Crippen LogP contribution in [0.1, 0.15) is 56.6 Å². The van der Waals surface area contributed by atoms with Gasteiger partial charge in [-0.25, -0.2) is 15.0 Å². The largest absolute Gasteiger partial charge is 0.354 e. The van der Waals surface area contributed by atoms with E-state index >= 15 is 0 Å². The summed E-state index contributed by atoms with van der Waals surface area (Å²) in [4.78, 5) is 18.5. The van der Waals surface area contributed by atoms with Crippen molar-refractivity contribution in [3.8, 4) is 0 Å². The van der Waals surface area contributed by atoms with E-state index in [1.807, 2.05) is 0 Å². The number of H-pyrrole nitrogens is 1. The average molecular weight is 366 g/mol. The fraction of sp³-hybridized carbons (Fsp3) is 0.632. The Morgan fingerprint density at radius 1 is 1.04 bits per heavy atom. The second-order valence-electron chi connectivity index (χ2n) is 7.95. The molecule has 0 amide bonds. The molecule has 0 aromatic carbocycles. The molecule has 0 spiro atoms. The van der Waals surface area contributed by atoms with Crippen molar-refractivity contribution in [1.82, 2.24) is 34.9 Å². The standard InChI is InChI=1S/C19H26N8/c1-2-6-15(7-3-1)16-11-27(25-24-16)10-14-5-4-8-26(9-14)19-17-18(21-12-20-17)22-13-23-19/h11-15H,1-10H2,(H,20,21,22,23)/t14-/m0/s1. The van der Waals surface area contributed by atoms with Crippen molar-refractivity contribution < 1.29 is 0 Å². The molecule has 2 aliphatic rings. The molecule has 1 aliphatic heterocycles. The van der Waals surface area contributed by atoms with E-state index in [0.717, 1.165) is 43.0 Å². The van der Waals surface area contributed by atoms with Gasteiger partial charge in [-0.15, -0.1) is 5.10 Å². The third-order valence-corrected chi connectivity index (χ3v) is 6.05. The lowest BCUT2D eigenvalue weighted by molar-refractivity contribution is 0.347. The molecule has 0 radical (unpaired) electrons. The molecule has 3 aromatic rings. The average Bonchev–Trinajstić information content (AvgIpc) is 3.38. The summed E-state index contributed by atoms with van der Waals surface area (Å²) in [7, 11) is 0. The number of anilines is 1. The molecular formula is C19H26N8. The van der Waals surface area contributed by atoms with Gasteiger partial charge in [0.25, 0.3) is 0 Å². The molecule has 0 unspecified atom stereocenters. The number of imidazole rings is 1. The van der Waals surface area contributed by atoms with Crippen LogP contribution in [0.25, 0.3) is 11.2 Å². The Morgan fingerprint density at radius 2 is 1.96 bits per heavy atom. The minimum absolute atomic E-state index is 0.549. The molecule has 27 heavy (non-hydrogen) atoms. The first kappa shape index (κ1) is 16.6. The molecule has 5 rings (SSSR count). The van der Waals surface area contributed by atoms with E-state index in [4.69, 9.17) is 0 Å². The summed E-state index contributed by atoms with van der Waals surface area (Å²) < 4.78 is 2.06. The zero-order valence-electron chi connectivity index (χ0n) is 15.6. The van der Waals surface area contributed by atoms with Gasteiger partial charge in [0, 0.05) is 31.7 Å². The van der Waals surface area contributed by atoms with E-state index in [1.54, 1.807) is 12.7 Å². The summed E-state index contributed by atoms with van der Waals surface area (Å²) in [6.45, 7) is 2.92. The van der Waals surface area contributed by atoms with E-state index in [2.05, 4.69) is 46.0 Å². The van der Waals surface area contributed by atoms with Crippen LogP contribution in [0.4, 0.5) is 5.82 Å². The topological polar surface area (TPSA) is 88.4 Å². The Labute approximate surface area is 158 Å². The highest BCUT2D eigenvalue weighted by Gasteiger charge is 2.25. The first-order valence-electron chi connectivity index (χ1n) is 10.2. The highest BCUT2D eigenvalue weighted by molar-refractivity contribution is 5.82. The van der Waals surface area contributed by atoms with Crippen molar-refractivity contribution in [2.45, 2.75) is 57.4 Å².